The number of anilines is 1. The zero-order valence-corrected chi connectivity index (χ0v) is 22.8. The molecule has 0 atom stereocenters. The summed E-state index contributed by atoms with van der Waals surface area (Å²) < 4.78 is 11.6. The van der Waals surface area contributed by atoms with Gasteiger partial charge in [0.1, 0.15) is 10.8 Å². The van der Waals surface area contributed by atoms with Gasteiger partial charge in [0, 0.05) is 39.9 Å². The summed E-state index contributed by atoms with van der Waals surface area (Å²) in [5.74, 6) is 1.13. The van der Waals surface area contributed by atoms with Crippen LogP contribution in [0.2, 0.25) is 0 Å². The number of hydrogen-bond acceptors (Lipinski definition) is 9. The van der Waals surface area contributed by atoms with Crippen molar-refractivity contribution >= 4 is 39.5 Å². The van der Waals surface area contributed by atoms with Gasteiger partial charge >= 0.3 is 0 Å². The molecule has 1 amide bonds. The van der Waals surface area contributed by atoms with E-state index in [9.17, 15) is 9.90 Å². The number of aromatic nitrogens is 3. The van der Waals surface area contributed by atoms with Crippen molar-refractivity contribution in [2.24, 2.45) is 0 Å². The van der Waals surface area contributed by atoms with Crippen molar-refractivity contribution in [3.05, 3.63) is 94.2 Å². The second-order valence-electron chi connectivity index (χ2n) is 8.65. The number of nitrogens with one attached hydrogen (secondary N) is 2. The van der Waals surface area contributed by atoms with E-state index in [0.717, 1.165) is 10.8 Å². The first-order chi connectivity index (χ1) is 19.5. The molecular weight excluding hydrogens is 526 g/mol. The highest BCUT2D eigenvalue weighted by Gasteiger charge is 2.19. The number of aliphatic hydroxyl groups is 1. The van der Waals surface area contributed by atoms with Gasteiger partial charge < -0.3 is 19.9 Å². The number of pyridine rings is 2. The summed E-state index contributed by atoms with van der Waals surface area (Å²) in [5.41, 5.74) is 2.78. The van der Waals surface area contributed by atoms with E-state index >= 15 is 0 Å². The number of ether oxygens (including phenoxy) is 2. The molecule has 40 heavy (non-hydrogen) atoms. The molecular formula is C30H27N5O4S. The standard InChI is InChI=1S/C30H27N5O4S/c1-3-38-24-14-19-13-20(17-36)34-28(23(19)16-25(24)39-4-2)18-9-10-32-26(15-18)35-29(37)22-8-6-5-7-21(22)27(31)30-33-11-12-40-30/h5-16,31,36H,3-4,17H2,1-2H3,(H,32,35,37). The smallest absolute Gasteiger partial charge is 0.257 e. The Hall–Kier alpha value is -4.67. The first-order valence-corrected chi connectivity index (χ1v) is 13.6. The number of hydrogen-bond donors (Lipinski definition) is 3. The van der Waals surface area contributed by atoms with E-state index in [-0.39, 0.29) is 12.3 Å². The lowest BCUT2D eigenvalue weighted by atomic mass is 10.0. The summed E-state index contributed by atoms with van der Waals surface area (Å²) in [5, 5.41) is 25.3. The van der Waals surface area contributed by atoms with Crippen LogP contribution in [0.3, 0.4) is 0 Å². The van der Waals surface area contributed by atoms with E-state index < -0.39 is 5.91 Å². The molecule has 202 valence electrons. The normalized spacial score (nSPS) is 10.9. The van der Waals surface area contributed by atoms with Gasteiger partial charge in [0.25, 0.3) is 5.91 Å². The molecule has 3 heterocycles. The molecule has 0 saturated heterocycles. The number of carbonyl (C=O) groups is 1. The predicted molar refractivity (Wildman–Crippen MR) is 156 cm³/mol. The SMILES string of the molecule is CCOc1cc2cc(CO)nc(-c3ccnc(NC(=O)c4ccccc4C(=N)c4nccs4)c3)c2cc1OCC. The Morgan fingerprint density at radius 1 is 0.975 bits per heavy atom. The van der Waals surface area contributed by atoms with Gasteiger partial charge in [-0.2, -0.15) is 0 Å². The Bertz CT molecular complexity index is 1690. The highest BCUT2D eigenvalue weighted by Crippen LogP contribution is 2.37. The maximum absolute atomic E-state index is 13.3. The molecule has 5 rings (SSSR count). The lowest BCUT2D eigenvalue weighted by molar-refractivity contribution is 0.102. The van der Waals surface area contributed by atoms with Crippen LogP contribution in [-0.4, -0.2) is 44.9 Å². The zero-order valence-electron chi connectivity index (χ0n) is 22.0. The Morgan fingerprint density at radius 3 is 2.42 bits per heavy atom. The molecule has 0 unspecified atom stereocenters. The van der Waals surface area contributed by atoms with Crippen LogP contribution >= 0.6 is 11.3 Å². The van der Waals surface area contributed by atoms with E-state index in [4.69, 9.17) is 14.9 Å². The number of thiazole rings is 1. The Kier molecular flexibility index (Phi) is 8.09. The molecule has 5 aromatic rings. The number of rotatable bonds is 10. The van der Waals surface area contributed by atoms with E-state index in [1.54, 1.807) is 54.2 Å². The van der Waals surface area contributed by atoms with E-state index in [0.29, 0.717) is 63.6 Å². The molecule has 10 heteroatoms. The first-order valence-electron chi connectivity index (χ1n) is 12.7. The van der Waals surface area contributed by atoms with Crippen molar-refractivity contribution in [1.82, 2.24) is 15.0 Å². The number of nitrogens with zero attached hydrogens (tertiary/aromatic N) is 3. The van der Waals surface area contributed by atoms with E-state index in [2.05, 4.69) is 20.3 Å². The highest BCUT2D eigenvalue weighted by molar-refractivity contribution is 7.11. The highest BCUT2D eigenvalue weighted by atomic mass is 32.1. The fourth-order valence-corrected chi connectivity index (χ4v) is 4.94. The van der Waals surface area contributed by atoms with E-state index in [1.165, 1.54) is 11.3 Å². The number of aliphatic hydroxyl groups excluding tert-OH is 1. The molecule has 9 nitrogen and oxygen atoms in total. The van der Waals surface area contributed by atoms with Crippen molar-refractivity contribution < 1.29 is 19.4 Å². The number of benzene rings is 2. The maximum Gasteiger partial charge on any atom is 0.257 e. The fraction of sp³-hybridized carbons (Fsp3) is 0.167. The Balaban J connectivity index is 1.52. The lowest BCUT2D eigenvalue weighted by Crippen LogP contribution is -2.17. The molecule has 0 aliphatic carbocycles. The Morgan fingerprint density at radius 2 is 1.73 bits per heavy atom. The lowest BCUT2D eigenvalue weighted by Gasteiger charge is -2.15. The van der Waals surface area contributed by atoms with Crippen LogP contribution in [0.4, 0.5) is 5.82 Å². The largest absolute Gasteiger partial charge is 0.490 e. The van der Waals surface area contributed by atoms with Gasteiger partial charge in [0.15, 0.2) is 11.5 Å². The topological polar surface area (TPSA) is 130 Å². The minimum Gasteiger partial charge on any atom is -0.490 e. The van der Waals surface area contributed by atoms with Gasteiger partial charge in [-0.3, -0.25) is 10.2 Å². The van der Waals surface area contributed by atoms with Gasteiger partial charge in [0.05, 0.1) is 36.9 Å². The van der Waals surface area contributed by atoms with Gasteiger partial charge in [-0.25, -0.2) is 15.0 Å². The fourth-order valence-electron chi connectivity index (χ4n) is 4.34. The third kappa shape index (κ3) is 5.54. The third-order valence-corrected chi connectivity index (χ3v) is 6.86. The van der Waals surface area contributed by atoms with Crippen molar-refractivity contribution in [1.29, 1.82) is 5.41 Å². The molecule has 2 aromatic carbocycles. The zero-order chi connectivity index (χ0) is 28.1. The van der Waals surface area contributed by atoms with Crippen LogP contribution in [0.25, 0.3) is 22.0 Å². The molecule has 0 saturated carbocycles. The summed E-state index contributed by atoms with van der Waals surface area (Å²) in [6, 6.07) is 16.0. The second-order valence-corrected chi connectivity index (χ2v) is 9.54. The van der Waals surface area contributed by atoms with Crippen LogP contribution < -0.4 is 14.8 Å². The summed E-state index contributed by atoms with van der Waals surface area (Å²) in [4.78, 5) is 26.6. The van der Waals surface area contributed by atoms with Crippen molar-refractivity contribution in [2.75, 3.05) is 18.5 Å². The van der Waals surface area contributed by atoms with Crippen LogP contribution in [0, 0.1) is 5.41 Å². The maximum atomic E-state index is 13.3. The predicted octanol–water partition coefficient (Wildman–Crippen LogP) is 5.71. The van der Waals surface area contributed by atoms with Crippen LogP contribution in [0.1, 0.15) is 40.5 Å². The molecule has 3 N–H and O–H groups in total. The minimum atomic E-state index is -0.400. The van der Waals surface area contributed by atoms with Crippen molar-refractivity contribution in [3.63, 3.8) is 0 Å². The number of fused-ring (bicyclic) bond motifs is 1. The van der Waals surface area contributed by atoms with Gasteiger partial charge in [-0.1, -0.05) is 18.2 Å². The molecule has 0 fully saturated rings. The van der Waals surface area contributed by atoms with E-state index in [1.807, 2.05) is 32.0 Å². The monoisotopic (exact) mass is 553 g/mol. The summed E-state index contributed by atoms with van der Waals surface area (Å²) in [6.45, 7) is 4.52. The third-order valence-electron chi connectivity index (χ3n) is 6.07. The van der Waals surface area contributed by atoms with Crippen molar-refractivity contribution in [2.45, 2.75) is 20.5 Å². The van der Waals surface area contributed by atoms with Crippen LogP contribution in [0.15, 0.2) is 72.4 Å². The quantitative estimate of drug-likeness (QED) is 0.189. The average molecular weight is 554 g/mol. The molecule has 3 aromatic heterocycles. The minimum absolute atomic E-state index is 0.176. The van der Waals surface area contributed by atoms with Crippen LogP contribution in [0.5, 0.6) is 11.5 Å². The van der Waals surface area contributed by atoms with Gasteiger partial charge in [0.2, 0.25) is 0 Å². The second kappa shape index (κ2) is 12.0. The summed E-state index contributed by atoms with van der Waals surface area (Å²) >= 11 is 1.34. The number of amides is 1. The molecule has 0 aliphatic heterocycles. The molecule has 0 bridgehead atoms. The molecule has 0 radical (unpaired) electrons. The first kappa shape index (κ1) is 26.9. The number of carbonyl (C=O) groups excluding carboxylic acids is 1. The summed E-state index contributed by atoms with van der Waals surface area (Å²) in [6.07, 6.45) is 3.22. The van der Waals surface area contributed by atoms with Crippen molar-refractivity contribution in [3.8, 4) is 22.8 Å². The Labute approximate surface area is 235 Å². The van der Waals surface area contributed by atoms with Crippen LogP contribution in [-0.2, 0) is 6.61 Å². The van der Waals surface area contributed by atoms with Gasteiger partial charge in [-0.15, -0.1) is 11.3 Å². The molecule has 0 spiro atoms. The summed E-state index contributed by atoms with van der Waals surface area (Å²) in [7, 11) is 0. The average Bonchev–Trinajstić information content (AvgIpc) is 3.52. The molecule has 0 aliphatic rings. The van der Waals surface area contributed by atoms with Gasteiger partial charge in [-0.05, 0) is 55.6 Å².